The summed E-state index contributed by atoms with van der Waals surface area (Å²) in [5, 5.41) is 0. The maximum absolute atomic E-state index is 13.9. The van der Waals surface area contributed by atoms with E-state index in [2.05, 4.69) is 6.07 Å². The van der Waals surface area contributed by atoms with Crippen molar-refractivity contribution in [3.8, 4) is 5.75 Å². The van der Waals surface area contributed by atoms with Gasteiger partial charge in [0.15, 0.2) is 0 Å². The van der Waals surface area contributed by atoms with E-state index in [1.165, 1.54) is 31.9 Å². The van der Waals surface area contributed by atoms with Gasteiger partial charge in [-0.05, 0) is 65.8 Å². The predicted molar refractivity (Wildman–Crippen MR) is 138 cm³/mol. The Balaban J connectivity index is 1.58. The van der Waals surface area contributed by atoms with Crippen LogP contribution in [0.2, 0.25) is 0 Å². The van der Waals surface area contributed by atoms with Crippen LogP contribution < -0.4 is 20.3 Å². The number of fused-ring (bicyclic) bond motifs is 1. The van der Waals surface area contributed by atoms with Crippen LogP contribution in [0.1, 0.15) is 60.6 Å². The molecule has 1 fully saturated rings. The first-order valence-corrected chi connectivity index (χ1v) is 12.3. The van der Waals surface area contributed by atoms with Crippen molar-refractivity contribution in [2.24, 2.45) is 5.73 Å². The lowest BCUT2D eigenvalue weighted by molar-refractivity contribution is -0.117. The molecule has 0 radical (unpaired) electrons. The Kier molecular flexibility index (Phi) is 6.46. The first kappa shape index (κ1) is 23.6. The topological polar surface area (TPSA) is 92.9 Å². The van der Waals surface area contributed by atoms with E-state index >= 15 is 0 Å². The number of amides is 5. The summed E-state index contributed by atoms with van der Waals surface area (Å²) in [5.74, 6) is -0.0274. The molecule has 184 valence electrons. The normalized spacial score (nSPS) is 17.5. The summed E-state index contributed by atoms with van der Waals surface area (Å²) < 4.78 is 5.17. The minimum absolute atomic E-state index is 0.254. The lowest BCUT2D eigenvalue weighted by atomic mass is 9.82. The van der Waals surface area contributed by atoms with Crippen LogP contribution in [-0.2, 0) is 4.79 Å². The summed E-state index contributed by atoms with van der Waals surface area (Å²) in [6.07, 6.45) is 5.89. The van der Waals surface area contributed by atoms with Gasteiger partial charge in [-0.3, -0.25) is 4.79 Å². The van der Waals surface area contributed by atoms with E-state index in [1.54, 1.807) is 24.3 Å². The number of carbonyl (C=O) groups is 3. The van der Waals surface area contributed by atoms with E-state index in [1.807, 2.05) is 42.5 Å². The number of urea groups is 2. The molecule has 5 rings (SSSR count). The van der Waals surface area contributed by atoms with Crippen molar-refractivity contribution < 1.29 is 19.1 Å². The van der Waals surface area contributed by atoms with Crippen molar-refractivity contribution in [2.75, 3.05) is 16.9 Å². The fourth-order valence-electron chi connectivity index (χ4n) is 5.41. The van der Waals surface area contributed by atoms with E-state index in [4.69, 9.17) is 10.5 Å². The molecule has 36 heavy (non-hydrogen) atoms. The summed E-state index contributed by atoms with van der Waals surface area (Å²) in [7, 11) is 1.52. The van der Waals surface area contributed by atoms with Crippen LogP contribution in [0.5, 0.6) is 5.75 Å². The fourth-order valence-corrected chi connectivity index (χ4v) is 5.41. The van der Waals surface area contributed by atoms with E-state index in [9.17, 15) is 14.4 Å². The maximum atomic E-state index is 13.9. The van der Waals surface area contributed by atoms with Crippen molar-refractivity contribution >= 4 is 29.3 Å². The number of ether oxygens (including phenoxy) is 1. The standard InChI is InChI=1S/C29H29N3O4/c1-36-23-15-13-22(14-16-23)31(28(30)34)29(35)32-25-17-12-21(19-8-4-2-5-9-19)18-24(25)26(27(32)33)20-10-6-3-7-11-20/h3,6-7,10-19,26H,2,4-5,8-9H2,1H3,(H2,30,34). The highest BCUT2D eigenvalue weighted by molar-refractivity contribution is 6.30. The molecule has 1 heterocycles. The third-order valence-corrected chi connectivity index (χ3v) is 7.21. The van der Waals surface area contributed by atoms with Crippen LogP contribution in [0.15, 0.2) is 72.8 Å². The molecule has 1 aliphatic carbocycles. The Labute approximate surface area is 210 Å². The Hall–Kier alpha value is -4.13. The molecule has 0 aromatic heterocycles. The molecule has 5 amide bonds. The fraction of sp³-hybridized carbons (Fsp3) is 0.276. The van der Waals surface area contributed by atoms with Crippen LogP contribution in [0.25, 0.3) is 0 Å². The second-order valence-electron chi connectivity index (χ2n) is 9.32. The van der Waals surface area contributed by atoms with Gasteiger partial charge in [-0.15, -0.1) is 0 Å². The van der Waals surface area contributed by atoms with Crippen molar-refractivity contribution in [3.63, 3.8) is 0 Å². The molecule has 3 aromatic rings. The van der Waals surface area contributed by atoms with Gasteiger partial charge < -0.3 is 10.5 Å². The van der Waals surface area contributed by atoms with Gasteiger partial charge in [-0.25, -0.2) is 19.4 Å². The van der Waals surface area contributed by atoms with Crippen LogP contribution in [-0.4, -0.2) is 25.1 Å². The number of hydrogen-bond acceptors (Lipinski definition) is 4. The average molecular weight is 484 g/mol. The third-order valence-electron chi connectivity index (χ3n) is 7.21. The molecule has 0 saturated heterocycles. The van der Waals surface area contributed by atoms with Crippen LogP contribution in [0.4, 0.5) is 21.0 Å². The highest BCUT2D eigenvalue weighted by atomic mass is 16.5. The first-order valence-electron chi connectivity index (χ1n) is 12.3. The number of methoxy groups -OCH3 is 1. The largest absolute Gasteiger partial charge is 0.497 e. The highest BCUT2D eigenvalue weighted by Crippen LogP contribution is 2.44. The summed E-state index contributed by atoms with van der Waals surface area (Å²) >= 11 is 0. The lowest BCUT2D eigenvalue weighted by Gasteiger charge is -2.25. The molecule has 0 spiro atoms. The number of imide groups is 2. The Morgan fingerprint density at radius 2 is 1.61 bits per heavy atom. The Morgan fingerprint density at radius 3 is 2.25 bits per heavy atom. The van der Waals surface area contributed by atoms with Gasteiger partial charge in [0.1, 0.15) is 5.75 Å². The van der Waals surface area contributed by atoms with Gasteiger partial charge in [0.05, 0.1) is 24.4 Å². The number of benzene rings is 3. The second-order valence-corrected chi connectivity index (χ2v) is 9.32. The molecule has 2 aliphatic rings. The van der Waals surface area contributed by atoms with Crippen LogP contribution >= 0.6 is 0 Å². The van der Waals surface area contributed by atoms with Crippen molar-refractivity contribution in [1.82, 2.24) is 0 Å². The first-order chi connectivity index (χ1) is 17.5. The zero-order valence-corrected chi connectivity index (χ0v) is 20.2. The van der Waals surface area contributed by atoms with E-state index in [0.29, 0.717) is 17.4 Å². The molecule has 1 aliphatic heterocycles. The van der Waals surface area contributed by atoms with Gasteiger partial charge >= 0.3 is 12.1 Å². The highest BCUT2D eigenvalue weighted by Gasteiger charge is 2.44. The number of carbonyl (C=O) groups excluding carboxylic acids is 3. The molecule has 2 N–H and O–H groups in total. The number of anilines is 2. The zero-order chi connectivity index (χ0) is 25.2. The quantitative estimate of drug-likeness (QED) is 0.498. The maximum Gasteiger partial charge on any atom is 0.344 e. The van der Waals surface area contributed by atoms with Gasteiger partial charge in [0.2, 0.25) is 5.91 Å². The van der Waals surface area contributed by atoms with Gasteiger partial charge in [0.25, 0.3) is 0 Å². The Bertz CT molecular complexity index is 1280. The minimum atomic E-state index is -0.971. The molecule has 1 atom stereocenters. The molecule has 1 unspecified atom stereocenters. The number of nitrogens with two attached hydrogens (primary N) is 1. The van der Waals surface area contributed by atoms with Crippen molar-refractivity contribution in [3.05, 3.63) is 89.5 Å². The molecule has 3 aromatic carbocycles. The molecule has 7 heteroatoms. The molecule has 0 bridgehead atoms. The Morgan fingerprint density at radius 1 is 0.917 bits per heavy atom. The number of nitrogens with zero attached hydrogens (tertiary/aromatic N) is 2. The summed E-state index contributed by atoms with van der Waals surface area (Å²) in [6.45, 7) is 0. The van der Waals surface area contributed by atoms with E-state index in [-0.39, 0.29) is 5.69 Å². The molecule has 1 saturated carbocycles. The van der Waals surface area contributed by atoms with E-state index < -0.39 is 23.9 Å². The summed E-state index contributed by atoms with van der Waals surface area (Å²) in [4.78, 5) is 42.0. The number of rotatable bonds is 4. The second kappa shape index (κ2) is 9.85. The molecular weight excluding hydrogens is 454 g/mol. The minimum Gasteiger partial charge on any atom is -0.497 e. The van der Waals surface area contributed by atoms with Crippen LogP contribution in [0, 0.1) is 0 Å². The lowest BCUT2D eigenvalue weighted by Crippen LogP contribution is -2.50. The zero-order valence-electron chi connectivity index (χ0n) is 20.2. The third kappa shape index (κ3) is 4.21. The van der Waals surface area contributed by atoms with E-state index in [0.717, 1.165) is 33.8 Å². The molecular formula is C29H29N3O4. The van der Waals surface area contributed by atoms with Gasteiger partial charge in [-0.2, -0.15) is 0 Å². The smallest absolute Gasteiger partial charge is 0.344 e. The van der Waals surface area contributed by atoms with Crippen LogP contribution in [0.3, 0.4) is 0 Å². The van der Waals surface area contributed by atoms with Gasteiger partial charge in [-0.1, -0.05) is 61.7 Å². The SMILES string of the molecule is COc1ccc(N(C(N)=O)C(=O)N2C(=O)C(c3ccccc3)c3cc(C4CCCCC4)ccc32)cc1. The molecule has 7 nitrogen and oxygen atoms in total. The monoisotopic (exact) mass is 483 g/mol. The number of hydrogen-bond donors (Lipinski definition) is 1. The predicted octanol–water partition coefficient (Wildman–Crippen LogP) is 5.93. The average Bonchev–Trinajstić information content (AvgIpc) is 3.20. The number of primary amides is 1. The summed E-state index contributed by atoms with van der Waals surface area (Å²) in [6, 6.07) is 20.0. The van der Waals surface area contributed by atoms with Crippen molar-refractivity contribution in [2.45, 2.75) is 43.9 Å². The summed E-state index contributed by atoms with van der Waals surface area (Å²) in [5.41, 5.74) is 9.15. The van der Waals surface area contributed by atoms with Gasteiger partial charge in [0, 0.05) is 0 Å². The van der Waals surface area contributed by atoms with Crippen molar-refractivity contribution in [1.29, 1.82) is 0 Å².